The molecule has 2 amide bonds. The molecule has 1 aliphatic rings. The predicted molar refractivity (Wildman–Crippen MR) is 61.6 cm³/mol. The van der Waals surface area contributed by atoms with E-state index in [4.69, 9.17) is 10.2 Å². The van der Waals surface area contributed by atoms with Gasteiger partial charge in [0.25, 0.3) is 0 Å². The fourth-order valence-electron chi connectivity index (χ4n) is 2.07. The average Bonchev–Trinajstić information content (AvgIpc) is 2.54. The summed E-state index contributed by atoms with van der Waals surface area (Å²) in [5, 5.41) is 22.5. The lowest BCUT2D eigenvalue weighted by molar-refractivity contribution is -0.146. The fraction of sp³-hybridized carbons (Fsp3) is 0.818. The van der Waals surface area contributed by atoms with E-state index in [1.54, 1.807) is 0 Å². The first-order chi connectivity index (χ1) is 7.80. The number of carbonyl (C=O) groups is 2. The highest BCUT2D eigenvalue weighted by atomic mass is 16.4. The number of hydrogen-bond acceptors (Lipinski definition) is 3. The van der Waals surface area contributed by atoms with Gasteiger partial charge in [0.15, 0.2) is 6.10 Å². The Morgan fingerprint density at radius 1 is 1.47 bits per heavy atom. The van der Waals surface area contributed by atoms with E-state index in [1.807, 2.05) is 0 Å². The second-order valence-corrected chi connectivity index (χ2v) is 5.31. The highest BCUT2D eigenvalue weighted by Gasteiger charge is 2.31. The van der Waals surface area contributed by atoms with E-state index in [0.29, 0.717) is 0 Å². The number of aliphatic hydroxyl groups excluding tert-OH is 1. The standard InChI is InChI=1S/C11H20N2O4/c1-11(2)4-3-7(5-11)13-10(17)12-6-8(14)9(15)16/h7-8,14H,3-6H2,1-2H3,(H,15,16)(H2,12,13,17)/t7?,8-/m0/s1. The molecule has 1 fully saturated rings. The zero-order valence-electron chi connectivity index (χ0n) is 10.2. The van der Waals surface area contributed by atoms with Crippen molar-refractivity contribution in [2.24, 2.45) is 5.41 Å². The summed E-state index contributed by atoms with van der Waals surface area (Å²) in [7, 11) is 0. The van der Waals surface area contributed by atoms with Gasteiger partial charge >= 0.3 is 12.0 Å². The Morgan fingerprint density at radius 3 is 2.59 bits per heavy atom. The summed E-state index contributed by atoms with van der Waals surface area (Å²) in [5.74, 6) is -1.34. The second-order valence-electron chi connectivity index (χ2n) is 5.31. The van der Waals surface area contributed by atoms with Gasteiger partial charge in [0.2, 0.25) is 0 Å². The number of urea groups is 1. The molecule has 2 atom stereocenters. The molecule has 4 N–H and O–H groups in total. The van der Waals surface area contributed by atoms with Crippen LogP contribution in [0.25, 0.3) is 0 Å². The van der Waals surface area contributed by atoms with Crippen LogP contribution in [0.1, 0.15) is 33.1 Å². The fourth-order valence-corrected chi connectivity index (χ4v) is 2.07. The molecular formula is C11H20N2O4. The molecule has 98 valence electrons. The largest absolute Gasteiger partial charge is 0.479 e. The minimum Gasteiger partial charge on any atom is -0.479 e. The first-order valence-corrected chi connectivity index (χ1v) is 5.75. The van der Waals surface area contributed by atoms with Gasteiger partial charge in [-0.1, -0.05) is 13.8 Å². The van der Waals surface area contributed by atoms with Crippen molar-refractivity contribution in [3.8, 4) is 0 Å². The van der Waals surface area contributed by atoms with E-state index < -0.39 is 18.1 Å². The van der Waals surface area contributed by atoms with Crippen LogP contribution in [0.4, 0.5) is 4.79 Å². The molecular weight excluding hydrogens is 224 g/mol. The average molecular weight is 244 g/mol. The highest BCUT2D eigenvalue weighted by molar-refractivity contribution is 5.76. The molecule has 1 saturated carbocycles. The maximum Gasteiger partial charge on any atom is 0.334 e. The van der Waals surface area contributed by atoms with E-state index in [2.05, 4.69) is 24.5 Å². The molecule has 0 heterocycles. The zero-order valence-corrected chi connectivity index (χ0v) is 10.2. The van der Waals surface area contributed by atoms with Crippen LogP contribution in [0.15, 0.2) is 0 Å². The first kappa shape index (κ1) is 13.8. The highest BCUT2D eigenvalue weighted by Crippen LogP contribution is 2.36. The first-order valence-electron chi connectivity index (χ1n) is 5.75. The molecule has 1 aliphatic carbocycles. The van der Waals surface area contributed by atoms with Crippen molar-refractivity contribution in [3.05, 3.63) is 0 Å². The van der Waals surface area contributed by atoms with Gasteiger partial charge in [-0.25, -0.2) is 9.59 Å². The summed E-state index contributed by atoms with van der Waals surface area (Å²) in [6.45, 7) is 4.03. The molecule has 17 heavy (non-hydrogen) atoms. The van der Waals surface area contributed by atoms with Crippen LogP contribution in [0.3, 0.4) is 0 Å². The van der Waals surface area contributed by atoms with Crippen molar-refractivity contribution in [2.45, 2.75) is 45.3 Å². The number of aliphatic carboxylic acids is 1. The van der Waals surface area contributed by atoms with E-state index in [9.17, 15) is 9.59 Å². The summed E-state index contributed by atoms with van der Waals surface area (Å²) in [6, 6.07) is -0.292. The van der Waals surface area contributed by atoms with Gasteiger partial charge < -0.3 is 20.8 Å². The lowest BCUT2D eigenvalue weighted by Gasteiger charge is -2.18. The number of hydrogen-bond donors (Lipinski definition) is 4. The van der Waals surface area contributed by atoms with Gasteiger partial charge in [-0.3, -0.25) is 0 Å². The van der Waals surface area contributed by atoms with Crippen LogP contribution in [0, 0.1) is 5.41 Å². The predicted octanol–water partition coefficient (Wildman–Crippen LogP) is 0.310. The Morgan fingerprint density at radius 2 is 2.12 bits per heavy atom. The maximum absolute atomic E-state index is 11.4. The number of carboxylic acid groups (broad SMARTS) is 1. The van der Waals surface area contributed by atoms with Crippen LogP contribution >= 0.6 is 0 Å². The number of aliphatic hydroxyl groups is 1. The third kappa shape index (κ3) is 4.60. The van der Waals surface area contributed by atoms with Gasteiger partial charge in [0, 0.05) is 6.04 Å². The third-order valence-corrected chi connectivity index (χ3v) is 3.04. The van der Waals surface area contributed by atoms with Crippen LogP contribution in [0.2, 0.25) is 0 Å². The van der Waals surface area contributed by atoms with Gasteiger partial charge in [0.1, 0.15) is 0 Å². The van der Waals surface area contributed by atoms with E-state index in [0.717, 1.165) is 19.3 Å². The lowest BCUT2D eigenvalue weighted by Crippen LogP contribution is -2.45. The molecule has 0 radical (unpaired) electrons. The number of carbonyl (C=O) groups excluding carboxylic acids is 1. The summed E-state index contributed by atoms with van der Waals surface area (Å²) in [5.41, 5.74) is 0.249. The normalized spacial score (nSPS) is 24.1. The molecule has 0 aromatic rings. The molecule has 6 heteroatoms. The Labute approximate surface area is 100 Å². The van der Waals surface area contributed by atoms with E-state index in [1.165, 1.54) is 0 Å². The summed E-state index contributed by atoms with van der Waals surface area (Å²) >= 11 is 0. The molecule has 1 rings (SSSR count). The molecule has 6 nitrogen and oxygen atoms in total. The summed E-state index contributed by atoms with van der Waals surface area (Å²) in [4.78, 5) is 21.7. The molecule has 1 unspecified atom stereocenters. The van der Waals surface area contributed by atoms with Crippen LogP contribution in [-0.4, -0.2) is 40.9 Å². The van der Waals surface area contributed by atoms with Gasteiger partial charge in [0.05, 0.1) is 6.54 Å². The zero-order chi connectivity index (χ0) is 13.1. The van der Waals surface area contributed by atoms with E-state index >= 15 is 0 Å². The number of amides is 2. The Kier molecular flexibility index (Phi) is 4.34. The smallest absolute Gasteiger partial charge is 0.334 e. The number of carboxylic acids is 1. The second kappa shape index (κ2) is 5.35. The van der Waals surface area contributed by atoms with Crippen molar-refractivity contribution in [2.75, 3.05) is 6.54 Å². The van der Waals surface area contributed by atoms with E-state index in [-0.39, 0.29) is 18.0 Å². The van der Waals surface area contributed by atoms with Crippen molar-refractivity contribution in [1.82, 2.24) is 10.6 Å². The van der Waals surface area contributed by atoms with Crippen LogP contribution in [-0.2, 0) is 4.79 Å². The van der Waals surface area contributed by atoms with Gasteiger partial charge in [-0.2, -0.15) is 0 Å². The molecule has 0 saturated heterocycles. The minimum absolute atomic E-state index is 0.131. The molecule has 0 aromatic heterocycles. The number of rotatable bonds is 4. The minimum atomic E-state index is -1.55. The van der Waals surface area contributed by atoms with Crippen molar-refractivity contribution in [3.63, 3.8) is 0 Å². The third-order valence-electron chi connectivity index (χ3n) is 3.04. The molecule has 0 bridgehead atoms. The number of nitrogens with one attached hydrogen (secondary N) is 2. The molecule has 0 spiro atoms. The molecule has 0 aromatic carbocycles. The monoisotopic (exact) mass is 244 g/mol. The molecule has 0 aliphatic heterocycles. The van der Waals surface area contributed by atoms with Gasteiger partial charge in [-0.05, 0) is 24.7 Å². The van der Waals surface area contributed by atoms with Crippen LogP contribution < -0.4 is 10.6 Å². The Bertz CT molecular complexity index is 304. The van der Waals surface area contributed by atoms with Crippen LogP contribution in [0.5, 0.6) is 0 Å². The Hall–Kier alpha value is -1.30. The summed E-state index contributed by atoms with van der Waals surface area (Å²) < 4.78 is 0. The summed E-state index contributed by atoms with van der Waals surface area (Å²) in [6.07, 6.45) is 1.36. The Balaban J connectivity index is 2.24. The van der Waals surface area contributed by atoms with Crippen molar-refractivity contribution >= 4 is 12.0 Å². The topological polar surface area (TPSA) is 98.7 Å². The maximum atomic E-state index is 11.4. The SMILES string of the molecule is CC1(C)CCC(NC(=O)NC[C@H](O)C(=O)O)C1. The van der Waals surface area contributed by atoms with Crippen molar-refractivity contribution in [1.29, 1.82) is 0 Å². The lowest BCUT2D eigenvalue weighted by atomic mass is 9.92. The van der Waals surface area contributed by atoms with Crippen molar-refractivity contribution < 1.29 is 19.8 Å². The quantitative estimate of drug-likeness (QED) is 0.572. The van der Waals surface area contributed by atoms with Gasteiger partial charge in [-0.15, -0.1) is 0 Å².